The predicted molar refractivity (Wildman–Crippen MR) is 51.6 cm³/mol. The first-order valence-electron chi connectivity index (χ1n) is 4.95. The zero-order chi connectivity index (χ0) is 11.1. The minimum atomic E-state index is -1.06. The van der Waals surface area contributed by atoms with Crippen LogP contribution in [-0.4, -0.2) is 56.3 Å². The molecule has 1 aliphatic rings. The van der Waals surface area contributed by atoms with E-state index in [1.54, 1.807) is 0 Å². The third-order valence-electron chi connectivity index (χ3n) is 2.08. The summed E-state index contributed by atoms with van der Waals surface area (Å²) in [5, 5.41) is 8.51. The third-order valence-corrected chi connectivity index (χ3v) is 2.08. The Bertz CT molecular complexity index is 191. The molecular weight excluding hydrogens is 202 g/mol. The Balaban J connectivity index is 2.10. The van der Waals surface area contributed by atoms with E-state index in [1.165, 1.54) is 0 Å². The molecule has 0 aromatic carbocycles. The lowest BCUT2D eigenvalue weighted by Gasteiger charge is -2.15. The lowest BCUT2D eigenvalue weighted by molar-refractivity contribution is -0.140. The summed E-state index contributed by atoms with van der Waals surface area (Å²) in [5.74, 6) is -1.06. The molecule has 0 bridgehead atoms. The first-order chi connectivity index (χ1) is 7.20. The van der Waals surface area contributed by atoms with Crippen LogP contribution in [0.5, 0.6) is 0 Å². The van der Waals surface area contributed by atoms with Crippen molar-refractivity contribution >= 4 is 5.97 Å². The molecule has 2 atom stereocenters. The van der Waals surface area contributed by atoms with Gasteiger partial charge >= 0.3 is 5.97 Å². The van der Waals surface area contributed by atoms with Crippen LogP contribution in [0.2, 0.25) is 0 Å². The Morgan fingerprint density at radius 2 is 2.33 bits per heavy atom. The number of carbonyl (C=O) groups is 1. The zero-order valence-electron chi connectivity index (χ0n) is 8.55. The highest BCUT2D eigenvalue weighted by Gasteiger charge is 2.15. The van der Waals surface area contributed by atoms with Crippen LogP contribution in [0.15, 0.2) is 0 Å². The van der Waals surface area contributed by atoms with Crippen molar-refractivity contribution in [2.45, 2.75) is 18.6 Å². The molecule has 6 heteroatoms. The summed E-state index contributed by atoms with van der Waals surface area (Å²) >= 11 is 0. The minimum Gasteiger partial charge on any atom is -0.480 e. The summed E-state index contributed by atoms with van der Waals surface area (Å²) in [7, 11) is 0. The quantitative estimate of drug-likeness (QED) is 0.630. The molecule has 1 fully saturated rings. The van der Waals surface area contributed by atoms with Gasteiger partial charge in [0.2, 0.25) is 0 Å². The van der Waals surface area contributed by atoms with Crippen LogP contribution in [0.25, 0.3) is 0 Å². The maximum atomic E-state index is 10.4. The Labute approximate surface area is 88.3 Å². The molecule has 1 heterocycles. The van der Waals surface area contributed by atoms with Crippen molar-refractivity contribution in [2.24, 2.45) is 5.73 Å². The van der Waals surface area contributed by atoms with Crippen LogP contribution in [0.3, 0.4) is 0 Å². The van der Waals surface area contributed by atoms with Crippen molar-refractivity contribution in [3.05, 3.63) is 0 Å². The normalized spacial score (nSPS) is 24.5. The molecule has 2 unspecified atom stereocenters. The first kappa shape index (κ1) is 12.4. The van der Waals surface area contributed by atoms with Gasteiger partial charge in [0.1, 0.15) is 6.04 Å². The molecule has 88 valence electrons. The SMILES string of the molecule is NC(COCC1CCOCCO1)C(=O)O. The maximum Gasteiger partial charge on any atom is 0.322 e. The third kappa shape index (κ3) is 5.08. The Kier molecular flexibility index (Phi) is 5.56. The fraction of sp³-hybridized carbons (Fsp3) is 0.889. The highest BCUT2D eigenvalue weighted by molar-refractivity contribution is 5.73. The number of carboxylic acid groups (broad SMARTS) is 1. The van der Waals surface area contributed by atoms with Crippen molar-refractivity contribution in [3.63, 3.8) is 0 Å². The van der Waals surface area contributed by atoms with E-state index < -0.39 is 12.0 Å². The Hall–Kier alpha value is -0.690. The second-order valence-corrected chi connectivity index (χ2v) is 3.38. The zero-order valence-corrected chi connectivity index (χ0v) is 8.55. The Morgan fingerprint density at radius 1 is 1.53 bits per heavy atom. The number of aliphatic carboxylic acids is 1. The molecule has 0 aromatic rings. The van der Waals surface area contributed by atoms with Gasteiger partial charge in [0.25, 0.3) is 0 Å². The smallest absolute Gasteiger partial charge is 0.322 e. The summed E-state index contributed by atoms with van der Waals surface area (Å²) in [4.78, 5) is 10.4. The summed E-state index contributed by atoms with van der Waals surface area (Å²) in [6.07, 6.45) is 0.746. The fourth-order valence-corrected chi connectivity index (χ4v) is 1.20. The van der Waals surface area contributed by atoms with Crippen LogP contribution in [0, 0.1) is 0 Å². The number of rotatable bonds is 5. The molecular formula is C9H17NO5. The van der Waals surface area contributed by atoms with Gasteiger partial charge in [-0.1, -0.05) is 0 Å². The van der Waals surface area contributed by atoms with Crippen LogP contribution >= 0.6 is 0 Å². The van der Waals surface area contributed by atoms with E-state index in [4.69, 9.17) is 25.1 Å². The molecule has 3 N–H and O–H groups in total. The number of nitrogens with two attached hydrogens (primary N) is 1. The van der Waals surface area contributed by atoms with E-state index in [1.807, 2.05) is 0 Å². The highest BCUT2D eigenvalue weighted by Crippen LogP contribution is 2.04. The molecule has 0 aliphatic carbocycles. The average molecular weight is 219 g/mol. The molecule has 0 spiro atoms. The molecule has 0 radical (unpaired) electrons. The second kappa shape index (κ2) is 6.73. The van der Waals surface area contributed by atoms with Crippen molar-refractivity contribution in [2.75, 3.05) is 33.0 Å². The molecule has 0 aromatic heterocycles. The van der Waals surface area contributed by atoms with Gasteiger partial charge in [-0.2, -0.15) is 0 Å². The van der Waals surface area contributed by atoms with Crippen LogP contribution < -0.4 is 5.73 Å². The molecule has 1 saturated heterocycles. The van der Waals surface area contributed by atoms with Crippen molar-refractivity contribution < 1.29 is 24.1 Å². The topological polar surface area (TPSA) is 91.0 Å². The maximum absolute atomic E-state index is 10.4. The van der Waals surface area contributed by atoms with E-state index in [0.29, 0.717) is 26.4 Å². The standard InChI is InChI=1S/C9H17NO5/c10-8(9(11)12)6-14-5-7-1-2-13-3-4-15-7/h7-8H,1-6,10H2,(H,11,12). The van der Waals surface area contributed by atoms with Gasteiger partial charge < -0.3 is 25.1 Å². The number of carboxylic acids is 1. The fourth-order valence-electron chi connectivity index (χ4n) is 1.20. The van der Waals surface area contributed by atoms with Gasteiger partial charge in [-0.15, -0.1) is 0 Å². The van der Waals surface area contributed by atoms with E-state index in [9.17, 15) is 4.79 Å². The molecule has 15 heavy (non-hydrogen) atoms. The van der Waals surface area contributed by atoms with Gasteiger partial charge in [-0.05, 0) is 6.42 Å². The van der Waals surface area contributed by atoms with Gasteiger partial charge in [0, 0.05) is 6.61 Å². The van der Waals surface area contributed by atoms with E-state index in [-0.39, 0.29) is 12.7 Å². The molecule has 0 amide bonds. The van der Waals surface area contributed by atoms with Gasteiger partial charge in [0.05, 0.1) is 32.5 Å². The number of hydrogen-bond donors (Lipinski definition) is 2. The average Bonchev–Trinajstić information content (AvgIpc) is 2.46. The Morgan fingerprint density at radius 3 is 3.07 bits per heavy atom. The monoisotopic (exact) mass is 219 g/mol. The molecule has 6 nitrogen and oxygen atoms in total. The summed E-state index contributed by atoms with van der Waals surface area (Å²) in [6, 6.07) is -0.966. The van der Waals surface area contributed by atoms with Crippen LogP contribution in [0.4, 0.5) is 0 Å². The van der Waals surface area contributed by atoms with Crippen molar-refractivity contribution in [1.29, 1.82) is 0 Å². The lowest BCUT2D eigenvalue weighted by Crippen LogP contribution is -2.36. The number of ether oxygens (including phenoxy) is 3. The van der Waals surface area contributed by atoms with Crippen molar-refractivity contribution in [3.8, 4) is 0 Å². The van der Waals surface area contributed by atoms with E-state index in [2.05, 4.69) is 0 Å². The van der Waals surface area contributed by atoms with Gasteiger partial charge in [-0.3, -0.25) is 4.79 Å². The van der Waals surface area contributed by atoms with Crippen molar-refractivity contribution in [1.82, 2.24) is 0 Å². The summed E-state index contributed by atoms with van der Waals surface area (Å²) in [5.41, 5.74) is 5.27. The minimum absolute atomic E-state index is 0.00997. The molecule has 1 aliphatic heterocycles. The summed E-state index contributed by atoms with van der Waals surface area (Å²) < 4.78 is 15.8. The van der Waals surface area contributed by atoms with E-state index in [0.717, 1.165) is 6.42 Å². The van der Waals surface area contributed by atoms with E-state index >= 15 is 0 Å². The predicted octanol–water partition coefficient (Wildman–Crippen LogP) is -0.780. The molecule has 0 saturated carbocycles. The molecule has 1 rings (SSSR count). The van der Waals surface area contributed by atoms with Crippen LogP contribution in [-0.2, 0) is 19.0 Å². The highest BCUT2D eigenvalue weighted by atomic mass is 16.6. The van der Waals surface area contributed by atoms with Crippen LogP contribution in [0.1, 0.15) is 6.42 Å². The largest absolute Gasteiger partial charge is 0.480 e. The number of hydrogen-bond acceptors (Lipinski definition) is 5. The second-order valence-electron chi connectivity index (χ2n) is 3.38. The van der Waals surface area contributed by atoms with Gasteiger partial charge in [0.15, 0.2) is 0 Å². The van der Waals surface area contributed by atoms with Gasteiger partial charge in [-0.25, -0.2) is 0 Å². The first-order valence-corrected chi connectivity index (χ1v) is 4.95. The summed E-state index contributed by atoms with van der Waals surface area (Å²) in [6.45, 7) is 2.18. The lowest BCUT2D eigenvalue weighted by atomic mass is 10.3.